The molecule has 0 bridgehead atoms. The molecule has 0 fully saturated rings. The van der Waals surface area contributed by atoms with Gasteiger partial charge in [0.1, 0.15) is 5.60 Å². The Balaban J connectivity index is 3.97. The molecule has 2 N–H and O–H groups in total. The van der Waals surface area contributed by atoms with E-state index in [-0.39, 0.29) is 6.61 Å². The monoisotopic (exact) mass is 198 g/mol. The fourth-order valence-corrected chi connectivity index (χ4v) is 1.50. The van der Waals surface area contributed by atoms with E-state index in [0.717, 1.165) is 25.7 Å². The van der Waals surface area contributed by atoms with Gasteiger partial charge in [-0.15, -0.1) is 0 Å². The molecule has 0 radical (unpaired) electrons. The molecule has 0 aliphatic carbocycles. The Bertz CT molecular complexity index is 171. The Morgan fingerprint density at radius 3 is 2.00 bits per heavy atom. The average Bonchev–Trinajstić information content (AvgIpc) is 2.13. The van der Waals surface area contributed by atoms with E-state index in [2.05, 4.69) is 0 Å². The van der Waals surface area contributed by atoms with Gasteiger partial charge in [-0.3, -0.25) is 0 Å². The van der Waals surface area contributed by atoms with Crippen molar-refractivity contribution in [3.05, 3.63) is 24.3 Å². The Hall–Kier alpha value is -0.600. The van der Waals surface area contributed by atoms with Gasteiger partial charge < -0.3 is 10.2 Å². The summed E-state index contributed by atoms with van der Waals surface area (Å²) < 4.78 is 0. The van der Waals surface area contributed by atoms with Gasteiger partial charge in [0.2, 0.25) is 0 Å². The van der Waals surface area contributed by atoms with Crippen molar-refractivity contribution >= 4 is 0 Å². The highest BCUT2D eigenvalue weighted by molar-refractivity contribution is 5.12. The van der Waals surface area contributed by atoms with Gasteiger partial charge in [0, 0.05) is 6.61 Å². The first-order chi connectivity index (χ1) is 6.68. The van der Waals surface area contributed by atoms with Crippen LogP contribution in [0, 0.1) is 0 Å². The molecular formula is C12H22O2. The normalized spacial score (nSPS) is 13.1. The average molecular weight is 198 g/mol. The van der Waals surface area contributed by atoms with Crippen molar-refractivity contribution in [1.29, 1.82) is 0 Å². The molecule has 0 rings (SSSR count). The smallest absolute Gasteiger partial charge is 0.101 e. The maximum absolute atomic E-state index is 10.1. The lowest BCUT2D eigenvalue weighted by Crippen LogP contribution is -2.22. The molecule has 0 atom stereocenters. The molecule has 0 aliphatic rings. The predicted molar refractivity (Wildman–Crippen MR) is 60.1 cm³/mol. The SMILES string of the molecule is C/C=C/C(O)(/C=C/C)CCCCCO. The largest absolute Gasteiger partial charge is 0.396 e. The highest BCUT2D eigenvalue weighted by atomic mass is 16.3. The first-order valence-corrected chi connectivity index (χ1v) is 5.29. The summed E-state index contributed by atoms with van der Waals surface area (Å²) in [6.45, 7) is 4.05. The number of unbranched alkanes of at least 4 members (excludes halogenated alkanes) is 2. The summed E-state index contributed by atoms with van der Waals surface area (Å²) in [5.41, 5.74) is -0.793. The Morgan fingerprint density at radius 1 is 1.00 bits per heavy atom. The van der Waals surface area contributed by atoms with Crippen LogP contribution >= 0.6 is 0 Å². The third-order valence-electron chi connectivity index (χ3n) is 2.15. The molecule has 82 valence electrons. The zero-order valence-corrected chi connectivity index (χ0v) is 9.24. The molecule has 0 aromatic carbocycles. The molecule has 0 saturated heterocycles. The van der Waals surface area contributed by atoms with E-state index in [1.807, 2.05) is 38.2 Å². The lowest BCUT2D eigenvalue weighted by molar-refractivity contribution is 0.127. The highest BCUT2D eigenvalue weighted by Gasteiger charge is 2.17. The van der Waals surface area contributed by atoms with Crippen LogP contribution in [0.25, 0.3) is 0 Å². The van der Waals surface area contributed by atoms with E-state index in [1.165, 1.54) is 0 Å². The van der Waals surface area contributed by atoms with Gasteiger partial charge in [-0.05, 0) is 33.1 Å². The number of allylic oxidation sites excluding steroid dienone is 2. The summed E-state index contributed by atoms with van der Waals surface area (Å²) in [5.74, 6) is 0. The second-order valence-electron chi connectivity index (χ2n) is 3.53. The molecule has 0 aliphatic heterocycles. The Morgan fingerprint density at radius 2 is 1.57 bits per heavy atom. The Labute approximate surface area is 87.0 Å². The third kappa shape index (κ3) is 5.95. The zero-order chi connectivity index (χ0) is 10.9. The maximum atomic E-state index is 10.1. The number of hydrogen-bond acceptors (Lipinski definition) is 2. The van der Waals surface area contributed by atoms with Crippen molar-refractivity contribution in [2.75, 3.05) is 6.61 Å². The molecular weight excluding hydrogens is 176 g/mol. The topological polar surface area (TPSA) is 40.5 Å². The lowest BCUT2D eigenvalue weighted by atomic mass is 9.95. The molecule has 14 heavy (non-hydrogen) atoms. The van der Waals surface area contributed by atoms with Crippen molar-refractivity contribution < 1.29 is 10.2 Å². The van der Waals surface area contributed by atoms with Crippen LogP contribution in [0.15, 0.2) is 24.3 Å². The second kappa shape index (κ2) is 7.77. The van der Waals surface area contributed by atoms with Gasteiger partial charge in [-0.1, -0.05) is 30.7 Å². The fourth-order valence-electron chi connectivity index (χ4n) is 1.50. The van der Waals surface area contributed by atoms with Gasteiger partial charge in [-0.2, -0.15) is 0 Å². The molecule has 0 unspecified atom stereocenters. The van der Waals surface area contributed by atoms with Crippen molar-refractivity contribution in [3.63, 3.8) is 0 Å². The summed E-state index contributed by atoms with van der Waals surface area (Å²) in [6.07, 6.45) is 10.8. The standard InChI is InChI=1S/C12H22O2/c1-3-8-12(14,9-4-2)10-6-5-7-11-13/h3-4,8-9,13-14H,5-7,10-11H2,1-2H3/b8-3+,9-4+. The lowest BCUT2D eigenvalue weighted by Gasteiger charge is -2.20. The molecule has 2 heteroatoms. The van der Waals surface area contributed by atoms with Crippen molar-refractivity contribution in [2.45, 2.75) is 45.1 Å². The van der Waals surface area contributed by atoms with Crippen LogP contribution in [0.4, 0.5) is 0 Å². The molecule has 0 amide bonds. The van der Waals surface area contributed by atoms with Crippen LogP contribution in [0.1, 0.15) is 39.5 Å². The first kappa shape index (κ1) is 13.4. The summed E-state index contributed by atoms with van der Waals surface area (Å²) >= 11 is 0. The third-order valence-corrected chi connectivity index (χ3v) is 2.15. The molecule has 0 aromatic heterocycles. The van der Waals surface area contributed by atoms with Crippen molar-refractivity contribution in [1.82, 2.24) is 0 Å². The van der Waals surface area contributed by atoms with Gasteiger partial charge in [0.15, 0.2) is 0 Å². The zero-order valence-electron chi connectivity index (χ0n) is 9.24. The molecule has 0 saturated carbocycles. The number of rotatable bonds is 7. The van der Waals surface area contributed by atoms with Gasteiger partial charge in [0.05, 0.1) is 0 Å². The Kier molecular flexibility index (Phi) is 7.44. The first-order valence-electron chi connectivity index (χ1n) is 5.29. The van der Waals surface area contributed by atoms with Gasteiger partial charge in [0.25, 0.3) is 0 Å². The van der Waals surface area contributed by atoms with E-state index in [9.17, 15) is 5.11 Å². The minimum atomic E-state index is -0.793. The number of aliphatic hydroxyl groups is 2. The van der Waals surface area contributed by atoms with Crippen LogP contribution in [-0.2, 0) is 0 Å². The van der Waals surface area contributed by atoms with Crippen molar-refractivity contribution in [2.24, 2.45) is 0 Å². The van der Waals surface area contributed by atoms with Crippen LogP contribution < -0.4 is 0 Å². The van der Waals surface area contributed by atoms with Crippen LogP contribution in [0.2, 0.25) is 0 Å². The minimum Gasteiger partial charge on any atom is -0.396 e. The van der Waals surface area contributed by atoms with Crippen LogP contribution in [0.5, 0.6) is 0 Å². The summed E-state index contributed by atoms with van der Waals surface area (Å²) in [5, 5.41) is 18.7. The van der Waals surface area contributed by atoms with Gasteiger partial charge >= 0.3 is 0 Å². The highest BCUT2D eigenvalue weighted by Crippen LogP contribution is 2.18. The second-order valence-corrected chi connectivity index (χ2v) is 3.53. The molecule has 2 nitrogen and oxygen atoms in total. The van der Waals surface area contributed by atoms with E-state index < -0.39 is 5.60 Å². The minimum absolute atomic E-state index is 0.242. The number of hydrogen-bond donors (Lipinski definition) is 2. The van der Waals surface area contributed by atoms with E-state index >= 15 is 0 Å². The predicted octanol–water partition coefficient (Wildman–Crippen LogP) is 2.42. The van der Waals surface area contributed by atoms with Crippen molar-refractivity contribution in [3.8, 4) is 0 Å². The van der Waals surface area contributed by atoms with E-state index in [0.29, 0.717) is 0 Å². The summed E-state index contributed by atoms with van der Waals surface area (Å²) in [4.78, 5) is 0. The molecule has 0 spiro atoms. The summed E-state index contributed by atoms with van der Waals surface area (Å²) in [7, 11) is 0. The number of aliphatic hydroxyl groups excluding tert-OH is 1. The molecule has 0 aromatic rings. The van der Waals surface area contributed by atoms with E-state index in [1.54, 1.807) is 0 Å². The summed E-state index contributed by atoms with van der Waals surface area (Å²) in [6, 6.07) is 0. The van der Waals surface area contributed by atoms with Crippen LogP contribution in [-0.4, -0.2) is 22.4 Å². The fraction of sp³-hybridized carbons (Fsp3) is 0.667. The quantitative estimate of drug-likeness (QED) is 0.487. The van der Waals surface area contributed by atoms with E-state index in [4.69, 9.17) is 5.11 Å². The molecule has 0 heterocycles. The van der Waals surface area contributed by atoms with Gasteiger partial charge in [-0.25, -0.2) is 0 Å². The van der Waals surface area contributed by atoms with Crippen LogP contribution in [0.3, 0.4) is 0 Å². The maximum Gasteiger partial charge on any atom is 0.101 e.